The van der Waals surface area contributed by atoms with Gasteiger partial charge in [-0.2, -0.15) is 0 Å². The largest absolute Gasteiger partial charge is 0.465 e. The van der Waals surface area contributed by atoms with E-state index >= 15 is 0 Å². The number of hydrogen-bond donors (Lipinski definition) is 0. The van der Waals surface area contributed by atoms with Crippen molar-refractivity contribution in [3.63, 3.8) is 0 Å². The van der Waals surface area contributed by atoms with E-state index in [1.54, 1.807) is 0 Å². The lowest BCUT2D eigenvalue weighted by molar-refractivity contribution is -0.146. The zero-order valence-corrected chi connectivity index (χ0v) is 11.3. The number of esters is 1. The second kappa shape index (κ2) is 11.6. The van der Waals surface area contributed by atoms with Crippen LogP contribution in [-0.4, -0.2) is 18.4 Å². The summed E-state index contributed by atoms with van der Waals surface area (Å²) in [6.07, 6.45) is 7.84. The summed E-state index contributed by atoms with van der Waals surface area (Å²) in [4.78, 5) is 22.7. The van der Waals surface area contributed by atoms with E-state index in [1.165, 1.54) is 0 Å². The zero-order valence-electron chi connectivity index (χ0n) is 11.3. The Balaban J connectivity index is 3.42. The van der Waals surface area contributed by atoms with Gasteiger partial charge in [-0.15, -0.1) is 0 Å². The highest BCUT2D eigenvalue weighted by Gasteiger charge is 2.09. The quantitative estimate of drug-likeness (QED) is 0.315. The average molecular weight is 242 g/mol. The van der Waals surface area contributed by atoms with Gasteiger partial charge in [-0.25, -0.2) is 0 Å². The summed E-state index contributed by atoms with van der Waals surface area (Å²) in [5.41, 5.74) is 0. The van der Waals surface area contributed by atoms with Crippen molar-refractivity contribution < 1.29 is 14.3 Å². The molecule has 0 aliphatic rings. The molecular formula is C14H26O3. The Bertz CT molecular complexity index is 190. The van der Waals surface area contributed by atoms with Gasteiger partial charge in [0, 0.05) is 6.42 Å². The van der Waals surface area contributed by atoms with E-state index in [9.17, 15) is 9.59 Å². The van der Waals surface area contributed by atoms with Crippen molar-refractivity contribution in [2.45, 2.75) is 71.6 Å². The van der Waals surface area contributed by atoms with Gasteiger partial charge in [-0.3, -0.25) is 9.59 Å². The van der Waals surface area contributed by atoms with Gasteiger partial charge in [0.05, 0.1) is 6.61 Å². The maximum atomic E-state index is 11.4. The van der Waals surface area contributed by atoms with Crippen molar-refractivity contribution in [2.24, 2.45) is 0 Å². The lowest BCUT2D eigenvalue weighted by Gasteiger charge is -2.03. The van der Waals surface area contributed by atoms with Crippen molar-refractivity contribution in [3.8, 4) is 0 Å². The summed E-state index contributed by atoms with van der Waals surface area (Å²) in [6, 6.07) is 0. The molecule has 3 heteroatoms. The van der Waals surface area contributed by atoms with Crippen LogP contribution in [0.15, 0.2) is 0 Å². The minimum absolute atomic E-state index is 0.0154. The molecular weight excluding hydrogens is 216 g/mol. The van der Waals surface area contributed by atoms with Crippen LogP contribution in [0.3, 0.4) is 0 Å². The van der Waals surface area contributed by atoms with Crippen LogP contribution < -0.4 is 0 Å². The molecule has 0 aliphatic heterocycles. The molecule has 17 heavy (non-hydrogen) atoms. The van der Waals surface area contributed by atoms with Gasteiger partial charge >= 0.3 is 5.97 Å². The van der Waals surface area contributed by atoms with Gasteiger partial charge in [0.15, 0.2) is 0 Å². The minimum Gasteiger partial charge on any atom is -0.465 e. The fraction of sp³-hybridized carbons (Fsp3) is 0.857. The summed E-state index contributed by atoms with van der Waals surface area (Å²) in [5.74, 6) is -0.344. The Morgan fingerprint density at radius 1 is 0.882 bits per heavy atom. The van der Waals surface area contributed by atoms with E-state index in [0.29, 0.717) is 13.0 Å². The van der Waals surface area contributed by atoms with Crippen molar-refractivity contribution in [1.82, 2.24) is 0 Å². The second-order valence-electron chi connectivity index (χ2n) is 4.45. The van der Waals surface area contributed by atoms with Gasteiger partial charge in [-0.1, -0.05) is 46.0 Å². The van der Waals surface area contributed by atoms with Crippen molar-refractivity contribution in [2.75, 3.05) is 6.61 Å². The Morgan fingerprint density at radius 2 is 1.53 bits per heavy atom. The van der Waals surface area contributed by atoms with Crippen LogP contribution in [0.1, 0.15) is 71.6 Å². The maximum Gasteiger partial charge on any atom is 0.313 e. The Kier molecular flexibility index (Phi) is 11.0. The first-order valence-electron chi connectivity index (χ1n) is 6.88. The van der Waals surface area contributed by atoms with E-state index in [2.05, 4.69) is 13.8 Å². The molecule has 0 aliphatic carbocycles. The van der Waals surface area contributed by atoms with Gasteiger partial charge in [0.25, 0.3) is 0 Å². The fourth-order valence-electron chi connectivity index (χ4n) is 1.59. The molecule has 0 atom stereocenters. The third-order valence-corrected chi connectivity index (χ3v) is 2.66. The number of carbonyl (C=O) groups is 2. The van der Waals surface area contributed by atoms with E-state index < -0.39 is 0 Å². The molecule has 0 aromatic carbocycles. The summed E-state index contributed by atoms with van der Waals surface area (Å²) in [5, 5.41) is 0. The number of ketones is 1. The highest BCUT2D eigenvalue weighted by atomic mass is 16.5. The zero-order chi connectivity index (χ0) is 12.9. The fourth-order valence-corrected chi connectivity index (χ4v) is 1.59. The molecule has 0 bridgehead atoms. The molecule has 0 amide bonds. The molecule has 0 radical (unpaired) electrons. The number of Topliss-reactive ketones (excluding diaryl/α,β-unsaturated/α-hetero) is 1. The molecule has 100 valence electrons. The smallest absolute Gasteiger partial charge is 0.313 e. The van der Waals surface area contributed by atoms with Crippen molar-refractivity contribution >= 4 is 11.8 Å². The predicted octanol–water partition coefficient (Wildman–Crippen LogP) is 3.65. The van der Waals surface area contributed by atoms with Crippen molar-refractivity contribution in [3.05, 3.63) is 0 Å². The molecule has 0 spiro atoms. The Labute approximate surface area is 105 Å². The summed E-state index contributed by atoms with van der Waals surface area (Å²) >= 11 is 0. The van der Waals surface area contributed by atoms with Crippen LogP contribution in [0.4, 0.5) is 0 Å². The van der Waals surface area contributed by atoms with Crippen LogP contribution >= 0.6 is 0 Å². The number of rotatable bonds is 11. The van der Waals surface area contributed by atoms with Gasteiger partial charge in [-0.05, 0) is 12.8 Å². The van der Waals surface area contributed by atoms with Gasteiger partial charge in [0.2, 0.25) is 0 Å². The van der Waals surface area contributed by atoms with Crippen LogP contribution in [0.2, 0.25) is 0 Å². The van der Waals surface area contributed by atoms with Crippen LogP contribution in [0, 0.1) is 0 Å². The monoisotopic (exact) mass is 242 g/mol. The molecule has 0 aromatic heterocycles. The van der Waals surface area contributed by atoms with E-state index in [-0.39, 0.29) is 18.2 Å². The molecule has 0 unspecified atom stereocenters. The second-order valence-corrected chi connectivity index (χ2v) is 4.45. The predicted molar refractivity (Wildman–Crippen MR) is 68.9 cm³/mol. The molecule has 0 rings (SSSR count). The lowest BCUT2D eigenvalue weighted by atomic mass is 10.1. The lowest BCUT2D eigenvalue weighted by Crippen LogP contribution is -2.11. The SMILES string of the molecule is CCCCCCC(=O)CC(=O)OCCCCC. The normalized spacial score (nSPS) is 10.2. The molecule has 0 N–H and O–H groups in total. The summed E-state index contributed by atoms with van der Waals surface area (Å²) in [7, 11) is 0. The topological polar surface area (TPSA) is 43.4 Å². The number of carbonyl (C=O) groups excluding carboxylic acids is 2. The summed E-state index contributed by atoms with van der Waals surface area (Å²) < 4.78 is 4.98. The highest BCUT2D eigenvalue weighted by Crippen LogP contribution is 2.05. The molecule has 0 fully saturated rings. The van der Waals surface area contributed by atoms with Crippen molar-refractivity contribution in [1.29, 1.82) is 0 Å². The first-order chi connectivity index (χ1) is 8.20. The van der Waals surface area contributed by atoms with E-state index in [4.69, 9.17) is 4.74 Å². The maximum absolute atomic E-state index is 11.4. The van der Waals surface area contributed by atoms with Gasteiger partial charge in [0.1, 0.15) is 12.2 Å². The third kappa shape index (κ3) is 11.4. The molecule has 0 saturated carbocycles. The molecule has 0 saturated heterocycles. The van der Waals surface area contributed by atoms with E-state index in [0.717, 1.165) is 44.9 Å². The third-order valence-electron chi connectivity index (χ3n) is 2.66. The summed E-state index contributed by atoms with van der Waals surface area (Å²) in [6.45, 7) is 4.69. The Morgan fingerprint density at radius 3 is 2.18 bits per heavy atom. The van der Waals surface area contributed by atoms with Gasteiger partial charge < -0.3 is 4.74 Å². The number of ether oxygens (including phenoxy) is 1. The average Bonchev–Trinajstić information content (AvgIpc) is 2.30. The Hall–Kier alpha value is -0.860. The van der Waals surface area contributed by atoms with Crippen LogP contribution in [-0.2, 0) is 14.3 Å². The highest BCUT2D eigenvalue weighted by molar-refractivity contribution is 5.95. The first kappa shape index (κ1) is 16.1. The first-order valence-corrected chi connectivity index (χ1v) is 6.88. The number of unbranched alkanes of at least 4 members (excludes halogenated alkanes) is 5. The number of hydrogen-bond acceptors (Lipinski definition) is 3. The molecule has 3 nitrogen and oxygen atoms in total. The van der Waals surface area contributed by atoms with Crippen LogP contribution in [0.25, 0.3) is 0 Å². The minimum atomic E-state index is -0.360. The molecule has 0 heterocycles. The van der Waals surface area contributed by atoms with E-state index in [1.807, 2.05) is 0 Å². The van der Waals surface area contributed by atoms with Crippen LogP contribution in [0.5, 0.6) is 0 Å². The molecule has 0 aromatic rings. The standard InChI is InChI=1S/C14H26O3/c1-3-5-7-8-10-13(15)12-14(16)17-11-9-6-4-2/h3-12H2,1-2H3.